The van der Waals surface area contributed by atoms with Crippen molar-refractivity contribution in [2.45, 2.75) is 57.0 Å². The first-order valence-electron chi connectivity index (χ1n) is 9.82. The van der Waals surface area contributed by atoms with Gasteiger partial charge in [-0.15, -0.1) is 0 Å². The molecule has 3 aliphatic heterocycles. The first kappa shape index (κ1) is 16.6. The standard InChI is InChI=1S/C19H29N5O/c25-19(22-16-9-13-23-10-5-2-6-17(16)23)21-15-7-8-18(20-14-15)24-11-3-1-4-12-24/h7-8,14,16-17H,1-6,9-13H2,(H2,21,22,25). The molecule has 136 valence electrons. The Morgan fingerprint density at radius 2 is 1.84 bits per heavy atom. The van der Waals surface area contributed by atoms with Crippen LogP contribution in [0.15, 0.2) is 18.3 Å². The van der Waals surface area contributed by atoms with E-state index in [1.165, 1.54) is 45.1 Å². The number of hydrogen-bond acceptors (Lipinski definition) is 4. The molecule has 1 aromatic rings. The molecule has 0 spiro atoms. The molecule has 0 aliphatic carbocycles. The van der Waals surface area contributed by atoms with E-state index in [1.54, 1.807) is 6.20 Å². The number of carbonyl (C=O) groups excluding carboxylic acids is 1. The highest BCUT2D eigenvalue weighted by atomic mass is 16.2. The normalized spacial score (nSPS) is 27.0. The Labute approximate surface area is 150 Å². The van der Waals surface area contributed by atoms with Gasteiger partial charge in [0.2, 0.25) is 0 Å². The first-order chi connectivity index (χ1) is 12.3. The van der Waals surface area contributed by atoms with Crippen LogP contribution in [-0.4, -0.2) is 54.2 Å². The summed E-state index contributed by atoms with van der Waals surface area (Å²) in [6.07, 6.45) is 10.4. The van der Waals surface area contributed by atoms with E-state index in [0.717, 1.165) is 37.6 Å². The topological polar surface area (TPSA) is 60.5 Å². The van der Waals surface area contributed by atoms with Crippen LogP contribution in [0.3, 0.4) is 0 Å². The summed E-state index contributed by atoms with van der Waals surface area (Å²) in [5.41, 5.74) is 0.761. The molecule has 6 heteroatoms. The van der Waals surface area contributed by atoms with E-state index in [0.29, 0.717) is 6.04 Å². The molecule has 2 unspecified atom stereocenters. The molecule has 25 heavy (non-hydrogen) atoms. The Morgan fingerprint density at radius 1 is 1.00 bits per heavy atom. The molecular weight excluding hydrogens is 314 g/mol. The quantitative estimate of drug-likeness (QED) is 0.886. The highest BCUT2D eigenvalue weighted by Gasteiger charge is 2.36. The monoisotopic (exact) mass is 343 g/mol. The van der Waals surface area contributed by atoms with Crippen molar-refractivity contribution >= 4 is 17.5 Å². The van der Waals surface area contributed by atoms with Gasteiger partial charge in [0.05, 0.1) is 11.9 Å². The molecule has 3 aliphatic rings. The maximum absolute atomic E-state index is 12.4. The fraction of sp³-hybridized carbons (Fsp3) is 0.684. The zero-order chi connectivity index (χ0) is 17.1. The van der Waals surface area contributed by atoms with Crippen LogP contribution in [0, 0.1) is 0 Å². The molecule has 4 heterocycles. The molecule has 2 amide bonds. The number of carbonyl (C=O) groups is 1. The number of pyridine rings is 1. The van der Waals surface area contributed by atoms with E-state index < -0.39 is 0 Å². The van der Waals surface area contributed by atoms with Gasteiger partial charge in [-0.3, -0.25) is 4.90 Å². The number of hydrogen-bond donors (Lipinski definition) is 2. The van der Waals surface area contributed by atoms with Gasteiger partial charge in [0, 0.05) is 31.7 Å². The lowest BCUT2D eigenvalue weighted by atomic mass is 9.99. The van der Waals surface area contributed by atoms with E-state index in [1.807, 2.05) is 12.1 Å². The lowest BCUT2D eigenvalue weighted by Crippen LogP contribution is -2.47. The van der Waals surface area contributed by atoms with Crippen LogP contribution >= 0.6 is 0 Å². The van der Waals surface area contributed by atoms with Gasteiger partial charge in [-0.25, -0.2) is 9.78 Å². The average molecular weight is 343 g/mol. The fourth-order valence-electron chi connectivity index (χ4n) is 4.52. The van der Waals surface area contributed by atoms with Gasteiger partial charge in [-0.05, 0) is 57.2 Å². The predicted molar refractivity (Wildman–Crippen MR) is 100 cm³/mol. The van der Waals surface area contributed by atoms with Gasteiger partial charge in [-0.1, -0.05) is 6.42 Å². The number of rotatable bonds is 3. The number of aromatic nitrogens is 1. The molecule has 2 atom stereocenters. The van der Waals surface area contributed by atoms with Crippen molar-refractivity contribution in [3.05, 3.63) is 18.3 Å². The van der Waals surface area contributed by atoms with Crippen molar-refractivity contribution in [3.8, 4) is 0 Å². The van der Waals surface area contributed by atoms with E-state index in [-0.39, 0.29) is 12.1 Å². The number of nitrogens with zero attached hydrogens (tertiary/aromatic N) is 3. The molecule has 4 rings (SSSR count). The lowest BCUT2D eigenvalue weighted by molar-refractivity contribution is 0.180. The smallest absolute Gasteiger partial charge is 0.319 e. The summed E-state index contributed by atoms with van der Waals surface area (Å²) in [5.74, 6) is 1.01. The maximum Gasteiger partial charge on any atom is 0.319 e. The number of piperidine rings is 2. The number of anilines is 2. The van der Waals surface area contributed by atoms with Crippen molar-refractivity contribution in [2.75, 3.05) is 36.4 Å². The molecule has 0 saturated carbocycles. The van der Waals surface area contributed by atoms with Crippen molar-refractivity contribution in [1.82, 2.24) is 15.2 Å². The molecular formula is C19H29N5O. The SMILES string of the molecule is O=C(Nc1ccc(N2CCCCC2)nc1)NC1CCN2CCCCC12. The fourth-order valence-corrected chi connectivity index (χ4v) is 4.52. The minimum Gasteiger partial charge on any atom is -0.357 e. The number of fused-ring (bicyclic) bond motifs is 1. The summed E-state index contributed by atoms with van der Waals surface area (Å²) < 4.78 is 0. The van der Waals surface area contributed by atoms with Crippen LogP contribution in [0.4, 0.5) is 16.3 Å². The van der Waals surface area contributed by atoms with E-state index in [4.69, 9.17) is 0 Å². The van der Waals surface area contributed by atoms with Crippen molar-refractivity contribution < 1.29 is 4.79 Å². The highest BCUT2D eigenvalue weighted by molar-refractivity contribution is 5.89. The van der Waals surface area contributed by atoms with Gasteiger partial charge >= 0.3 is 6.03 Å². The Bertz CT molecular complexity index is 584. The summed E-state index contributed by atoms with van der Waals surface area (Å²) in [6.45, 7) is 4.47. The lowest BCUT2D eigenvalue weighted by Gasteiger charge is -2.32. The zero-order valence-corrected chi connectivity index (χ0v) is 14.9. The summed E-state index contributed by atoms with van der Waals surface area (Å²) in [5, 5.41) is 6.12. The van der Waals surface area contributed by atoms with Crippen LogP contribution in [0.1, 0.15) is 44.9 Å². The Morgan fingerprint density at radius 3 is 2.64 bits per heavy atom. The second-order valence-electron chi connectivity index (χ2n) is 7.55. The second kappa shape index (κ2) is 7.60. The summed E-state index contributed by atoms with van der Waals surface area (Å²) in [4.78, 5) is 21.7. The minimum absolute atomic E-state index is 0.107. The molecule has 3 saturated heterocycles. The third kappa shape index (κ3) is 3.89. The average Bonchev–Trinajstić information content (AvgIpc) is 3.06. The highest BCUT2D eigenvalue weighted by Crippen LogP contribution is 2.27. The van der Waals surface area contributed by atoms with E-state index >= 15 is 0 Å². The van der Waals surface area contributed by atoms with Gasteiger partial charge in [0.1, 0.15) is 5.82 Å². The van der Waals surface area contributed by atoms with E-state index in [2.05, 4.69) is 25.4 Å². The number of nitrogens with one attached hydrogen (secondary N) is 2. The second-order valence-corrected chi connectivity index (χ2v) is 7.55. The van der Waals surface area contributed by atoms with Gasteiger partial charge < -0.3 is 15.5 Å². The Balaban J connectivity index is 1.30. The Kier molecular flexibility index (Phi) is 5.06. The van der Waals surface area contributed by atoms with Crippen molar-refractivity contribution in [3.63, 3.8) is 0 Å². The summed E-state index contributed by atoms with van der Waals surface area (Å²) in [7, 11) is 0. The largest absolute Gasteiger partial charge is 0.357 e. The van der Waals surface area contributed by atoms with Gasteiger partial charge in [-0.2, -0.15) is 0 Å². The van der Waals surface area contributed by atoms with Crippen LogP contribution in [0.25, 0.3) is 0 Å². The molecule has 2 N–H and O–H groups in total. The van der Waals surface area contributed by atoms with Crippen molar-refractivity contribution in [1.29, 1.82) is 0 Å². The third-order valence-electron chi connectivity index (χ3n) is 5.86. The molecule has 0 aromatic carbocycles. The van der Waals surface area contributed by atoms with Crippen LogP contribution < -0.4 is 15.5 Å². The molecule has 0 bridgehead atoms. The molecule has 0 radical (unpaired) electrons. The number of amides is 2. The predicted octanol–water partition coefficient (Wildman–Crippen LogP) is 2.82. The first-order valence-corrected chi connectivity index (χ1v) is 9.82. The molecule has 1 aromatic heterocycles. The van der Waals surface area contributed by atoms with Crippen molar-refractivity contribution in [2.24, 2.45) is 0 Å². The Hall–Kier alpha value is -1.82. The van der Waals surface area contributed by atoms with Crippen LogP contribution in [0.5, 0.6) is 0 Å². The summed E-state index contributed by atoms with van der Waals surface area (Å²) in [6, 6.07) is 4.67. The van der Waals surface area contributed by atoms with Crippen LogP contribution in [-0.2, 0) is 0 Å². The van der Waals surface area contributed by atoms with Gasteiger partial charge in [0.25, 0.3) is 0 Å². The zero-order valence-electron chi connectivity index (χ0n) is 14.9. The molecule has 3 fully saturated rings. The maximum atomic E-state index is 12.4. The minimum atomic E-state index is -0.107. The van der Waals surface area contributed by atoms with Gasteiger partial charge in [0.15, 0.2) is 0 Å². The van der Waals surface area contributed by atoms with Crippen LogP contribution in [0.2, 0.25) is 0 Å². The third-order valence-corrected chi connectivity index (χ3v) is 5.86. The van der Waals surface area contributed by atoms with E-state index in [9.17, 15) is 4.79 Å². The molecule has 6 nitrogen and oxygen atoms in total. The summed E-state index contributed by atoms with van der Waals surface area (Å²) >= 11 is 0. The number of urea groups is 1.